The highest BCUT2D eigenvalue weighted by atomic mass is 32.2. The summed E-state index contributed by atoms with van der Waals surface area (Å²) in [7, 11) is -3.68. The van der Waals surface area contributed by atoms with Crippen molar-refractivity contribution in [2.75, 3.05) is 19.7 Å². The zero-order valence-electron chi connectivity index (χ0n) is 10.6. The van der Waals surface area contributed by atoms with E-state index >= 15 is 0 Å². The Morgan fingerprint density at radius 1 is 1.60 bits per heavy atom. The summed E-state index contributed by atoms with van der Waals surface area (Å²) < 4.78 is 33.3. The van der Waals surface area contributed by atoms with Crippen molar-refractivity contribution in [2.24, 2.45) is 0 Å². The molecule has 1 N–H and O–H groups in total. The fraction of sp³-hybridized carbons (Fsp3) is 0.455. The third-order valence-corrected chi connectivity index (χ3v) is 4.64. The Bertz CT molecular complexity index is 592. The molecule has 1 aliphatic heterocycles. The van der Waals surface area contributed by atoms with Crippen molar-refractivity contribution in [1.82, 2.24) is 10.3 Å². The fourth-order valence-corrected chi connectivity index (χ4v) is 3.64. The smallest absolute Gasteiger partial charge is 0.358 e. The van der Waals surface area contributed by atoms with Crippen molar-refractivity contribution in [3.63, 3.8) is 0 Å². The van der Waals surface area contributed by atoms with Crippen LogP contribution in [0.2, 0.25) is 0 Å². The van der Waals surface area contributed by atoms with Gasteiger partial charge in [-0.3, -0.25) is 4.18 Å². The molecule has 1 fully saturated rings. The van der Waals surface area contributed by atoms with Gasteiger partial charge in [-0.25, -0.2) is 9.78 Å². The zero-order chi connectivity index (χ0) is 14.6. The third kappa shape index (κ3) is 4.10. The second kappa shape index (κ2) is 6.44. The molecule has 1 aromatic heterocycles. The average Bonchev–Trinajstić information content (AvgIpc) is 2.79. The van der Waals surface area contributed by atoms with Crippen molar-refractivity contribution in [2.45, 2.75) is 11.9 Å². The largest absolute Gasteiger partial charge is 0.457 e. The molecule has 1 aliphatic rings. The van der Waals surface area contributed by atoms with Crippen molar-refractivity contribution < 1.29 is 22.1 Å². The molecule has 0 saturated carbocycles. The highest BCUT2D eigenvalue weighted by Gasteiger charge is 2.26. The topological polar surface area (TPSA) is 94.6 Å². The number of aromatic nitrogens is 1. The highest BCUT2D eigenvalue weighted by molar-refractivity contribution is 7.86. The van der Waals surface area contributed by atoms with E-state index in [4.69, 9.17) is 8.92 Å². The number of hydrogen-bond donors (Lipinski definition) is 1. The summed E-state index contributed by atoms with van der Waals surface area (Å²) in [6.45, 7) is 4.56. The van der Waals surface area contributed by atoms with Crippen LogP contribution in [0, 0.1) is 0 Å². The average molecular weight is 318 g/mol. The molecule has 0 amide bonds. The van der Waals surface area contributed by atoms with Gasteiger partial charge in [0.25, 0.3) is 10.1 Å². The number of ether oxygens (including phenoxy) is 1. The summed E-state index contributed by atoms with van der Waals surface area (Å²) in [5.74, 6) is -0.947. The Morgan fingerprint density at radius 3 is 2.95 bits per heavy atom. The predicted molar refractivity (Wildman–Crippen MR) is 73.0 cm³/mol. The highest BCUT2D eigenvalue weighted by Crippen LogP contribution is 2.16. The maximum Gasteiger partial charge on any atom is 0.358 e. The van der Waals surface area contributed by atoms with Gasteiger partial charge < -0.3 is 10.1 Å². The van der Waals surface area contributed by atoms with Crippen LogP contribution in [0.1, 0.15) is 15.5 Å². The van der Waals surface area contributed by atoms with Gasteiger partial charge in [-0.05, 0) is 0 Å². The Morgan fingerprint density at radius 2 is 2.35 bits per heavy atom. The van der Waals surface area contributed by atoms with E-state index in [1.54, 1.807) is 0 Å². The molecular formula is C11H14N2O5S2. The van der Waals surface area contributed by atoms with E-state index in [0.29, 0.717) is 18.1 Å². The first-order valence-electron chi connectivity index (χ1n) is 5.84. The Labute approximate surface area is 120 Å². The maximum absolute atomic E-state index is 11.7. The molecule has 0 atom stereocenters. The number of hydrogen-bond acceptors (Lipinski definition) is 8. The number of rotatable bonds is 7. The number of carbonyl (C=O) groups excluding carboxylic acids is 1. The standard InChI is InChI=1S/C11H14N2O5S2/c1-2-3-17-11(14)9-6-19-10(13-9)7-20(15,16)18-8-4-12-5-8/h2,6,8,12H,1,3-5,7H2. The molecule has 0 spiro atoms. The van der Waals surface area contributed by atoms with Gasteiger partial charge >= 0.3 is 5.97 Å². The SMILES string of the molecule is C=CCOC(=O)c1csc(CS(=O)(=O)OC2CNC2)n1. The number of thiazole rings is 1. The first-order chi connectivity index (χ1) is 9.50. The fourth-order valence-electron chi connectivity index (χ4n) is 1.40. The van der Waals surface area contributed by atoms with Crippen LogP contribution in [-0.2, 0) is 24.8 Å². The molecule has 0 unspecified atom stereocenters. The van der Waals surface area contributed by atoms with Crippen LogP contribution in [0.25, 0.3) is 0 Å². The van der Waals surface area contributed by atoms with Crippen molar-refractivity contribution in [3.8, 4) is 0 Å². The summed E-state index contributed by atoms with van der Waals surface area (Å²) in [4.78, 5) is 15.4. The molecule has 2 heterocycles. The molecule has 0 aliphatic carbocycles. The first-order valence-corrected chi connectivity index (χ1v) is 8.30. The van der Waals surface area contributed by atoms with Crippen LogP contribution in [0.15, 0.2) is 18.0 Å². The molecule has 20 heavy (non-hydrogen) atoms. The van der Waals surface area contributed by atoms with E-state index in [-0.39, 0.29) is 24.2 Å². The van der Waals surface area contributed by atoms with Crippen molar-refractivity contribution in [1.29, 1.82) is 0 Å². The van der Waals surface area contributed by atoms with E-state index in [2.05, 4.69) is 16.9 Å². The summed E-state index contributed by atoms with van der Waals surface area (Å²) in [5.41, 5.74) is 0.0901. The normalized spacial score (nSPS) is 15.6. The predicted octanol–water partition coefficient (Wildman–Crippen LogP) is 0.304. The van der Waals surface area contributed by atoms with E-state index < -0.39 is 16.1 Å². The summed E-state index contributed by atoms with van der Waals surface area (Å²) in [5, 5.41) is 4.67. The lowest BCUT2D eigenvalue weighted by Crippen LogP contribution is -2.49. The molecule has 2 rings (SSSR count). The van der Waals surface area contributed by atoms with Gasteiger partial charge in [0.05, 0.1) is 0 Å². The van der Waals surface area contributed by atoms with Crippen molar-refractivity contribution in [3.05, 3.63) is 28.7 Å². The summed E-state index contributed by atoms with van der Waals surface area (Å²) in [6.07, 6.45) is 1.13. The van der Waals surface area contributed by atoms with Gasteiger partial charge in [0, 0.05) is 18.5 Å². The number of esters is 1. The van der Waals surface area contributed by atoms with Crippen molar-refractivity contribution >= 4 is 27.4 Å². The maximum atomic E-state index is 11.7. The minimum Gasteiger partial charge on any atom is -0.457 e. The van der Waals surface area contributed by atoms with Gasteiger partial charge in [-0.2, -0.15) is 8.42 Å². The Hall–Kier alpha value is -1.29. The monoisotopic (exact) mass is 318 g/mol. The van der Waals surface area contributed by atoms with Crippen LogP contribution >= 0.6 is 11.3 Å². The lowest BCUT2D eigenvalue weighted by Gasteiger charge is -2.25. The molecule has 9 heteroatoms. The van der Waals surface area contributed by atoms with E-state index in [1.165, 1.54) is 11.5 Å². The van der Waals surface area contributed by atoms with E-state index in [1.807, 2.05) is 0 Å². The minimum absolute atomic E-state index is 0.0851. The lowest BCUT2D eigenvalue weighted by atomic mass is 10.2. The zero-order valence-corrected chi connectivity index (χ0v) is 12.2. The van der Waals surface area contributed by atoms with Crippen LogP contribution in [0.4, 0.5) is 0 Å². The van der Waals surface area contributed by atoms with Gasteiger partial charge in [0.15, 0.2) is 5.69 Å². The van der Waals surface area contributed by atoms with Gasteiger partial charge in [0.2, 0.25) is 0 Å². The Balaban J connectivity index is 1.94. The second-order valence-electron chi connectivity index (χ2n) is 4.09. The molecule has 1 saturated heterocycles. The number of carbonyl (C=O) groups is 1. The molecule has 0 aromatic carbocycles. The number of nitrogens with one attached hydrogen (secondary N) is 1. The minimum atomic E-state index is -3.68. The van der Waals surface area contributed by atoms with Crippen LogP contribution in [0.5, 0.6) is 0 Å². The van der Waals surface area contributed by atoms with Crippen LogP contribution < -0.4 is 5.32 Å². The van der Waals surface area contributed by atoms with E-state index in [9.17, 15) is 13.2 Å². The second-order valence-corrected chi connectivity index (χ2v) is 6.63. The molecule has 7 nitrogen and oxygen atoms in total. The van der Waals surface area contributed by atoms with Gasteiger partial charge in [-0.1, -0.05) is 12.7 Å². The summed E-state index contributed by atoms with van der Waals surface area (Å²) in [6, 6.07) is 0. The van der Waals surface area contributed by atoms with Gasteiger partial charge in [-0.15, -0.1) is 11.3 Å². The van der Waals surface area contributed by atoms with E-state index in [0.717, 1.165) is 11.3 Å². The first kappa shape index (κ1) is 15.1. The Kier molecular flexibility index (Phi) is 4.86. The molecular weight excluding hydrogens is 304 g/mol. The number of nitrogens with zero attached hydrogens (tertiary/aromatic N) is 1. The molecule has 110 valence electrons. The molecule has 0 radical (unpaired) electrons. The molecule has 0 bridgehead atoms. The van der Waals surface area contributed by atoms with Gasteiger partial charge in [0.1, 0.15) is 23.5 Å². The third-order valence-electron chi connectivity index (χ3n) is 2.42. The quantitative estimate of drug-likeness (QED) is 0.439. The van der Waals surface area contributed by atoms with Crippen LogP contribution in [-0.4, -0.2) is 45.2 Å². The summed E-state index contributed by atoms with van der Waals surface area (Å²) >= 11 is 1.08. The lowest BCUT2D eigenvalue weighted by molar-refractivity contribution is 0.0543. The molecule has 1 aromatic rings. The van der Waals surface area contributed by atoms with Crippen LogP contribution in [0.3, 0.4) is 0 Å².